The van der Waals surface area contributed by atoms with Gasteiger partial charge in [-0.15, -0.1) is 10.2 Å². The number of carbonyl (C=O) groups is 1. The molecule has 0 spiro atoms. The summed E-state index contributed by atoms with van der Waals surface area (Å²) in [5, 5.41) is 19.8. The number of hydrogen-bond acceptors (Lipinski definition) is 7. The molecule has 0 saturated carbocycles. The fraction of sp³-hybridized carbons (Fsp3) is 0.0455. The summed E-state index contributed by atoms with van der Waals surface area (Å²) in [4.78, 5) is 13.2. The van der Waals surface area contributed by atoms with Crippen molar-refractivity contribution < 1.29 is 9.21 Å². The number of furan rings is 1. The van der Waals surface area contributed by atoms with Crippen LogP contribution in [0.25, 0.3) is 26.9 Å². The molecule has 11 heteroatoms. The van der Waals surface area contributed by atoms with Gasteiger partial charge in [0.1, 0.15) is 10.8 Å². The number of carbonyl (C=O) groups excluding carboxylic acids is 1. The molecular weight excluding hydrogens is 480 g/mol. The summed E-state index contributed by atoms with van der Waals surface area (Å²) in [6, 6.07) is 18.0. The Morgan fingerprint density at radius 3 is 2.48 bits per heavy atom. The molecule has 0 fully saturated rings. The molecule has 0 saturated heterocycles. The summed E-state index contributed by atoms with van der Waals surface area (Å²) in [6.45, 7) is 1.85. The Labute approximate surface area is 202 Å². The van der Waals surface area contributed by atoms with Gasteiger partial charge in [-0.05, 0) is 79.8 Å². The van der Waals surface area contributed by atoms with Crippen LogP contribution in [0.2, 0.25) is 5.02 Å². The van der Waals surface area contributed by atoms with Gasteiger partial charge in [-0.2, -0.15) is 9.61 Å². The number of aromatic nitrogens is 4. The summed E-state index contributed by atoms with van der Waals surface area (Å²) in [7, 11) is 0. The molecule has 5 rings (SSSR count). The minimum Gasteiger partial charge on any atom is -0.451 e. The molecule has 8 nitrogen and oxygen atoms in total. The predicted molar refractivity (Wildman–Crippen MR) is 132 cm³/mol. The van der Waals surface area contributed by atoms with E-state index in [9.17, 15) is 4.79 Å². The largest absolute Gasteiger partial charge is 0.451 e. The standard InChI is InChI=1S/C22H15ClN6O2S2/c1-12-26-27-22-29(12)28-20(33-22)14-4-8-16(9-5-14)24-21(32)25-19(30)18-11-10-17(31-18)13-2-6-15(23)7-3-13/h2-11H,1H3,(H2,24,25,30,32). The van der Waals surface area contributed by atoms with E-state index < -0.39 is 5.91 Å². The number of benzene rings is 2. The quantitative estimate of drug-likeness (QED) is 0.331. The van der Waals surface area contributed by atoms with Gasteiger partial charge in [0.25, 0.3) is 5.91 Å². The highest BCUT2D eigenvalue weighted by Crippen LogP contribution is 2.27. The Kier molecular flexibility index (Phi) is 5.63. The minimum absolute atomic E-state index is 0.151. The van der Waals surface area contributed by atoms with Gasteiger partial charge in [0, 0.05) is 21.8 Å². The van der Waals surface area contributed by atoms with Gasteiger partial charge in [-0.3, -0.25) is 10.1 Å². The zero-order valence-electron chi connectivity index (χ0n) is 17.1. The van der Waals surface area contributed by atoms with Crippen LogP contribution in [-0.2, 0) is 0 Å². The van der Waals surface area contributed by atoms with Crippen LogP contribution in [0.5, 0.6) is 0 Å². The first-order valence-corrected chi connectivity index (χ1v) is 11.3. The molecule has 3 aromatic heterocycles. The van der Waals surface area contributed by atoms with E-state index >= 15 is 0 Å². The normalized spacial score (nSPS) is 11.0. The number of nitrogens with one attached hydrogen (secondary N) is 2. The Bertz CT molecular complexity index is 1470. The van der Waals surface area contributed by atoms with E-state index in [1.807, 2.05) is 43.3 Å². The van der Waals surface area contributed by atoms with Gasteiger partial charge in [0.15, 0.2) is 16.7 Å². The molecule has 0 aliphatic rings. The van der Waals surface area contributed by atoms with Gasteiger partial charge < -0.3 is 9.73 Å². The van der Waals surface area contributed by atoms with E-state index in [0.717, 1.165) is 32.6 Å². The van der Waals surface area contributed by atoms with Crippen molar-refractivity contribution in [3.05, 3.63) is 77.3 Å². The summed E-state index contributed by atoms with van der Waals surface area (Å²) in [6.07, 6.45) is 0. The van der Waals surface area contributed by atoms with Crippen molar-refractivity contribution in [3.8, 4) is 21.9 Å². The summed E-state index contributed by atoms with van der Waals surface area (Å²) < 4.78 is 7.37. The molecular formula is C22H15ClN6O2S2. The van der Waals surface area contributed by atoms with E-state index in [2.05, 4.69) is 25.9 Å². The fourth-order valence-electron chi connectivity index (χ4n) is 3.08. The molecule has 0 atom stereocenters. The number of hydrogen-bond donors (Lipinski definition) is 2. The van der Waals surface area contributed by atoms with Crippen molar-refractivity contribution in [3.63, 3.8) is 0 Å². The Hall–Kier alpha value is -3.60. The molecule has 2 aromatic carbocycles. The SMILES string of the molecule is Cc1nnc2sc(-c3ccc(NC(=S)NC(=O)c4ccc(-c5ccc(Cl)cc5)o4)cc3)nn12. The molecule has 0 bridgehead atoms. The van der Waals surface area contributed by atoms with Crippen LogP contribution in [0, 0.1) is 6.92 Å². The van der Waals surface area contributed by atoms with Crippen molar-refractivity contribution in [2.45, 2.75) is 6.92 Å². The summed E-state index contributed by atoms with van der Waals surface area (Å²) >= 11 is 12.6. The van der Waals surface area contributed by atoms with E-state index in [1.54, 1.807) is 28.8 Å². The molecule has 0 unspecified atom stereocenters. The lowest BCUT2D eigenvalue weighted by Gasteiger charge is -2.09. The number of amides is 1. The predicted octanol–water partition coefficient (Wildman–Crippen LogP) is 5.20. The second-order valence-corrected chi connectivity index (χ2v) is 8.81. The first-order valence-electron chi connectivity index (χ1n) is 9.74. The molecule has 0 aliphatic heterocycles. The van der Waals surface area contributed by atoms with Crippen LogP contribution in [0.4, 0.5) is 5.69 Å². The number of rotatable bonds is 4. The van der Waals surface area contributed by atoms with Gasteiger partial charge in [-0.1, -0.05) is 22.9 Å². The van der Waals surface area contributed by atoms with Crippen molar-refractivity contribution in [2.75, 3.05) is 5.32 Å². The number of halogens is 1. The first-order chi connectivity index (χ1) is 16.0. The van der Waals surface area contributed by atoms with E-state index in [4.69, 9.17) is 28.2 Å². The van der Waals surface area contributed by atoms with Crippen molar-refractivity contribution in [1.82, 2.24) is 25.1 Å². The zero-order valence-corrected chi connectivity index (χ0v) is 19.5. The third-order valence-corrected chi connectivity index (χ3v) is 6.13. The highest BCUT2D eigenvalue weighted by Gasteiger charge is 2.14. The zero-order chi connectivity index (χ0) is 22.9. The van der Waals surface area contributed by atoms with Gasteiger partial charge >= 0.3 is 0 Å². The molecule has 5 aromatic rings. The van der Waals surface area contributed by atoms with Crippen LogP contribution in [0.3, 0.4) is 0 Å². The van der Waals surface area contributed by atoms with E-state index in [1.165, 1.54) is 11.3 Å². The maximum atomic E-state index is 12.5. The maximum absolute atomic E-state index is 12.5. The van der Waals surface area contributed by atoms with Gasteiger partial charge in [0.2, 0.25) is 4.96 Å². The van der Waals surface area contributed by atoms with Crippen molar-refractivity contribution in [2.24, 2.45) is 0 Å². The first kappa shape index (κ1) is 21.3. The van der Waals surface area contributed by atoms with Crippen molar-refractivity contribution >= 4 is 56.8 Å². The molecule has 33 heavy (non-hydrogen) atoms. The lowest BCUT2D eigenvalue weighted by Crippen LogP contribution is -2.33. The maximum Gasteiger partial charge on any atom is 0.293 e. The number of nitrogens with zero attached hydrogens (tertiary/aromatic N) is 4. The molecule has 0 radical (unpaired) electrons. The third kappa shape index (κ3) is 4.49. The number of anilines is 1. The number of thiocarbonyl (C=S) groups is 1. The van der Waals surface area contributed by atoms with Gasteiger partial charge in [0.05, 0.1) is 0 Å². The second-order valence-electron chi connectivity index (χ2n) is 7.01. The molecule has 3 heterocycles. The monoisotopic (exact) mass is 494 g/mol. The van der Waals surface area contributed by atoms with Crippen molar-refractivity contribution in [1.29, 1.82) is 0 Å². The Morgan fingerprint density at radius 1 is 1.03 bits per heavy atom. The summed E-state index contributed by atoms with van der Waals surface area (Å²) in [5.74, 6) is 1.01. The Balaban J connectivity index is 1.22. The van der Waals surface area contributed by atoms with Crippen LogP contribution < -0.4 is 10.6 Å². The van der Waals surface area contributed by atoms with E-state index in [0.29, 0.717) is 10.8 Å². The fourth-order valence-corrected chi connectivity index (χ4v) is 4.31. The molecule has 0 aliphatic carbocycles. The lowest BCUT2D eigenvalue weighted by molar-refractivity contribution is 0.0951. The molecule has 2 N–H and O–H groups in total. The highest BCUT2D eigenvalue weighted by atomic mass is 35.5. The van der Waals surface area contributed by atoms with Crippen LogP contribution >= 0.6 is 35.2 Å². The molecule has 1 amide bonds. The highest BCUT2D eigenvalue weighted by molar-refractivity contribution is 7.80. The number of fused-ring (bicyclic) bond motifs is 1. The lowest BCUT2D eigenvalue weighted by atomic mass is 10.2. The van der Waals surface area contributed by atoms with Crippen LogP contribution in [-0.4, -0.2) is 30.8 Å². The van der Waals surface area contributed by atoms with Crippen LogP contribution in [0.15, 0.2) is 65.1 Å². The summed E-state index contributed by atoms with van der Waals surface area (Å²) in [5.41, 5.74) is 2.49. The van der Waals surface area contributed by atoms with Gasteiger partial charge in [-0.25, -0.2) is 0 Å². The second kappa shape index (κ2) is 8.74. The number of aryl methyl sites for hydroxylation is 1. The van der Waals surface area contributed by atoms with E-state index in [-0.39, 0.29) is 10.9 Å². The average molecular weight is 495 g/mol. The Morgan fingerprint density at radius 2 is 1.76 bits per heavy atom. The minimum atomic E-state index is -0.445. The third-order valence-electron chi connectivity index (χ3n) is 4.72. The topological polar surface area (TPSA) is 97.3 Å². The van der Waals surface area contributed by atoms with Crippen LogP contribution in [0.1, 0.15) is 16.4 Å². The molecule has 164 valence electrons. The smallest absolute Gasteiger partial charge is 0.293 e. The average Bonchev–Trinajstić information content (AvgIpc) is 3.53.